The Morgan fingerprint density at radius 1 is 1.21 bits per heavy atom. The highest BCUT2D eigenvalue weighted by atomic mass is 32.1. The molecule has 0 saturated carbocycles. The number of fused-ring (bicyclic) bond motifs is 1. The molecule has 124 valence electrons. The molecular weight excluding hydrogens is 320 g/mol. The Morgan fingerprint density at radius 2 is 2.00 bits per heavy atom. The minimum Gasteiger partial charge on any atom is -0.429 e. The van der Waals surface area contributed by atoms with Crippen LogP contribution in [0.4, 0.5) is 5.69 Å². The van der Waals surface area contributed by atoms with E-state index in [2.05, 4.69) is 0 Å². The number of rotatable bonds is 5. The number of hydrogen-bond acceptors (Lipinski definition) is 3. The lowest BCUT2D eigenvalue weighted by Gasteiger charge is -2.21. The Morgan fingerprint density at radius 3 is 2.75 bits per heavy atom. The Bertz CT molecular complexity index is 926. The monoisotopic (exact) mass is 340 g/mol. The van der Waals surface area contributed by atoms with Crippen LogP contribution in [0.1, 0.15) is 18.9 Å². The molecule has 0 bridgehead atoms. The van der Waals surface area contributed by atoms with Gasteiger partial charge in [-0.05, 0) is 55.9 Å². The third kappa shape index (κ3) is 3.26. The van der Waals surface area contributed by atoms with Gasteiger partial charge in [0.15, 0.2) is 5.58 Å². The van der Waals surface area contributed by atoms with Crippen LogP contribution in [-0.4, -0.2) is 17.0 Å². The first-order valence-electron chi connectivity index (χ1n) is 8.05. The molecule has 3 rings (SSSR count). The Labute approximate surface area is 146 Å². The number of para-hydroxylation sites is 2. The predicted molar refractivity (Wildman–Crippen MR) is 98.9 cm³/mol. The van der Waals surface area contributed by atoms with E-state index in [9.17, 15) is 4.79 Å². The molecule has 0 saturated heterocycles. The molecule has 2 aromatic carbocycles. The van der Waals surface area contributed by atoms with Crippen LogP contribution in [0.3, 0.4) is 0 Å². The second-order valence-electron chi connectivity index (χ2n) is 5.71. The van der Waals surface area contributed by atoms with Gasteiger partial charge in [0, 0.05) is 25.2 Å². The van der Waals surface area contributed by atoms with Crippen LogP contribution >= 0.6 is 12.2 Å². The van der Waals surface area contributed by atoms with Gasteiger partial charge in [0.05, 0.1) is 5.52 Å². The van der Waals surface area contributed by atoms with Gasteiger partial charge in [0.25, 0.3) is 4.84 Å². The van der Waals surface area contributed by atoms with E-state index >= 15 is 0 Å². The number of amides is 1. The van der Waals surface area contributed by atoms with Crippen molar-refractivity contribution >= 4 is 34.9 Å². The first-order valence-corrected chi connectivity index (χ1v) is 8.46. The van der Waals surface area contributed by atoms with Gasteiger partial charge in [-0.1, -0.05) is 24.3 Å². The number of aryl methyl sites for hydroxylation is 2. The quantitative estimate of drug-likeness (QED) is 0.631. The van der Waals surface area contributed by atoms with E-state index in [0.717, 1.165) is 22.4 Å². The molecule has 0 radical (unpaired) electrons. The summed E-state index contributed by atoms with van der Waals surface area (Å²) >= 11 is 5.28. The summed E-state index contributed by atoms with van der Waals surface area (Å²) in [5, 5.41) is 0. The van der Waals surface area contributed by atoms with E-state index in [-0.39, 0.29) is 5.91 Å². The standard InChI is InChI=1S/C19H20N2O2S/c1-3-20(15-8-6-7-14(2)13-15)18(22)11-12-21-16-9-4-5-10-17(16)23-19(21)24/h4-10,13H,3,11-12H2,1-2H3. The molecule has 0 unspecified atom stereocenters. The molecule has 0 spiro atoms. The van der Waals surface area contributed by atoms with Crippen LogP contribution in [0.15, 0.2) is 52.9 Å². The Kier molecular flexibility index (Phi) is 4.81. The summed E-state index contributed by atoms with van der Waals surface area (Å²) in [6.45, 7) is 5.16. The summed E-state index contributed by atoms with van der Waals surface area (Å²) in [6.07, 6.45) is 0.375. The average molecular weight is 340 g/mol. The summed E-state index contributed by atoms with van der Waals surface area (Å²) in [5.41, 5.74) is 3.75. The zero-order valence-electron chi connectivity index (χ0n) is 13.9. The lowest BCUT2D eigenvalue weighted by atomic mass is 10.2. The zero-order valence-corrected chi connectivity index (χ0v) is 14.7. The fraction of sp³-hybridized carbons (Fsp3) is 0.263. The van der Waals surface area contributed by atoms with Crippen LogP contribution < -0.4 is 4.90 Å². The fourth-order valence-electron chi connectivity index (χ4n) is 2.87. The predicted octanol–water partition coefficient (Wildman–Crippen LogP) is 4.72. The molecule has 0 aliphatic carbocycles. The van der Waals surface area contributed by atoms with Crippen LogP contribution in [0.2, 0.25) is 0 Å². The Hall–Kier alpha value is -2.40. The number of benzene rings is 2. The van der Waals surface area contributed by atoms with Crippen molar-refractivity contribution in [3.05, 3.63) is 58.9 Å². The molecule has 5 heteroatoms. The lowest BCUT2D eigenvalue weighted by molar-refractivity contribution is -0.118. The van der Waals surface area contributed by atoms with Gasteiger partial charge >= 0.3 is 0 Å². The molecule has 1 aromatic heterocycles. The van der Waals surface area contributed by atoms with E-state index in [4.69, 9.17) is 16.6 Å². The van der Waals surface area contributed by atoms with Crippen molar-refractivity contribution in [1.82, 2.24) is 4.57 Å². The number of hydrogen-bond donors (Lipinski definition) is 0. The van der Waals surface area contributed by atoms with Crippen LogP contribution in [0, 0.1) is 11.8 Å². The van der Waals surface area contributed by atoms with E-state index in [1.165, 1.54) is 0 Å². The van der Waals surface area contributed by atoms with Crippen LogP contribution in [-0.2, 0) is 11.3 Å². The van der Waals surface area contributed by atoms with E-state index in [1.54, 1.807) is 4.90 Å². The second-order valence-corrected chi connectivity index (χ2v) is 6.06. The maximum Gasteiger partial charge on any atom is 0.269 e. The molecule has 0 N–H and O–H groups in total. The normalized spacial score (nSPS) is 10.9. The van der Waals surface area contributed by atoms with Crippen molar-refractivity contribution in [1.29, 1.82) is 0 Å². The molecule has 0 aliphatic rings. The maximum atomic E-state index is 12.7. The first kappa shape index (κ1) is 16.5. The summed E-state index contributed by atoms with van der Waals surface area (Å²) in [4.78, 5) is 14.9. The third-order valence-corrected chi connectivity index (χ3v) is 4.36. The summed E-state index contributed by atoms with van der Waals surface area (Å²) in [6, 6.07) is 15.7. The van der Waals surface area contributed by atoms with Crippen molar-refractivity contribution in [2.75, 3.05) is 11.4 Å². The number of aromatic nitrogens is 1. The number of nitrogens with zero attached hydrogens (tertiary/aromatic N) is 2. The minimum absolute atomic E-state index is 0.0790. The molecule has 0 atom stereocenters. The van der Waals surface area contributed by atoms with Gasteiger partial charge in [-0.2, -0.15) is 0 Å². The number of anilines is 1. The van der Waals surface area contributed by atoms with E-state index in [1.807, 2.05) is 66.9 Å². The zero-order chi connectivity index (χ0) is 17.1. The average Bonchev–Trinajstić information content (AvgIpc) is 2.89. The smallest absolute Gasteiger partial charge is 0.269 e. The number of oxazole rings is 1. The highest BCUT2D eigenvalue weighted by Crippen LogP contribution is 2.19. The van der Waals surface area contributed by atoms with Crippen molar-refractivity contribution in [3.8, 4) is 0 Å². The van der Waals surface area contributed by atoms with Crippen LogP contribution in [0.5, 0.6) is 0 Å². The fourth-order valence-corrected chi connectivity index (χ4v) is 3.15. The molecule has 1 amide bonds. The molecule has 1 heterocycles. The third-order valence-electron chi connectivity index (χ3n) is 4.05. The topological polar surface area (TPSA) is 38.4 Å². The van der Waals surface area contributed by atoms with Crippen molar-refractivity contribution in [3.63, 3.8) is 0 Å². The molecule has 0 aliphatic heterocycles. The van der Waals surface area contributed by atoms with Gasteiger partial charge in [-0.25, -0.2) is 0 Å². The van der Waals surface area contributed by atoms with Crippen molar-refractivity contribution in [2.24, 2.45) is 0 Å². The van der Waals surface area contributed by atoms with Gasteiger partial charge in [-0.15, -0.1) is 0 Å². The van der Waals surface area contributed by atoms with Crippen molar-refractivity contribution < 1.29 is 9.21 Å². The van der Waals surface area contributed by atoms with Gasteiger partial charge in [-0.3, -0.25) is 9.36 Å². The molecule has 4 nitrogen and oxygen atoms in total. The maximum absolute atomic E-state index is 12.7. The molecule has 3 aromatic rings. The van der Waals surface area contributed by atoms with Gasteiger partial charge in [0.1, 0.15) is 0 Å². The molecule has 24 heavy (non-hydrogen) atoms. The lowest BCUT2D eigenvalue weighted by Crippen LogP contribution is -2.31. The van der Waals surface area contributed by atoms with Gasteiger partial charge < -0.3 is 9.32 Å². The SMILES string of the molecule is CCN(C(=O)CCn1c(=S)oc2ccccc21)c1cccc(C)c1. The Balaban J connectivity index is 1.79. The van der Waals surface area contributed by atoms with Gasteiger partial charge in [0.2, 0.25) is 5.91 Å². The van der Waals surface area contributed by atoms with Crippen LogP contribution in [0.25, 0.3) is 11.1 Å². The summed E-state index contributed by atoms with van der Waals surface area (Å²) < 4.78 is 7.45. The summed E-state index contributed by atoms with van der Waals surface area (Å²) in [7, 11) is 0. The highest BCUT2D eigenvalue weighted by molar-refractivity contribution is 7.71. The largest absolute Gasteiger partial charge is 0.429 e. The number of carbonyl (C=O) groups is 1. The minimum atomic E-state index is 0.0790. The summed E-state index contributed by atoms with van der Waals surface area (Å²) in [5.74, 6) is 0.0790. The molecule has 0 fully saturated rings. The van der Waals surface area contributed by atoms with E-state index in [0.29, 0.717) is 24.3 Å². The molecular formula is C19H20N2O2S. The van der Waals surface area contributed by atoms with Crippen molar-refractivity contribution in [2.45, 2.75) is 26.8 Å². The van der Waals surface area contributed by atoms with E-state index < -0.39 is 0 Å². The highest BCUT2D eigenvalue weighted by Gasteiger charge is 2.15. The number of carbonyl (C=O) groups excluding carboxylic acids is 1. The second kappa shape index (κ2) is 7.01. The first-order chi connectivity index (χ1) is 11.6.